The molecule has 1 unspecified atom stereocenters. The minimum atomic E-state index is 0.174. The van der Waals surface area contributed by atoms with Gasteiger partial charge in [0.25, 0.3) is 0 Å². The molecule has 1 amide bonds. The van der Waals surface area contributed by atoms with Gasteiger partial charge in [0.05, 0.1) is 0 Å². The number of carbonyl (C=O) groups excluding carboxylic acids is 1. The Balaban J connectivity index is 2.61. The lowest BCUT2D eigenvalue weighted by Crippen LogP contribution is -2.24. The van der Waals surface area contributed by atoms with E-state index in [0.29, 0.717) is 12.3 Å². The van der Waals surface area contributed by atoms with Gasteiger partial charge in [0, 0.05) is 13.0 Å². The second-order valence-electron chi connectivity index (χ2n) is 3.11. The number of hydrogen-bond acceptors (Lipinski definition) is 1. The van der Waals surface area contributed by atoms with Crippen molar-refractivity contribution in [3.8, 4) is 0 Å². The Morgan fingerprint density at radius 2 is 2.25 bits per heavy atom. The van der Waals surface area contributed by atoms with Gasteiger partial charge in [-0.2, -0.15) is 0 Å². The van der Waals surface area contributed by atoms with Crippen molar-refractivity contribution in [1.82, 2.24) is 4.90 Å². The highest BCUT2D eigenvalue weighted by atomic mass is 16.2. The molecule has 0 radical (unpaired) electrons. The van der Waals surface area contributed by atoms with Crippen LogP contribution in [0.25, 0.3) is 0 Å². The van der Waals surface area contributed by atoms with Crippen molar-refractivity contribution in [2.24, 2.45) is 5.92 Å². The number of nitrogens with zero attached hydrogens (tertiary/aromatic N) is 1. The average Bonchev–Trinajstić information content (AvgIpc) is 2.26. The lowest BCUT2D eigenvalue weighted by Gasteiger charge is -2.13. The number of carbonyl (C=O) groups is 1. The number of allylic oxidation sites excluding steroid dienone is 1. The van der Waals surface area contributed by atoms with E-state index in [1.807, 2.05) is 6.08 Å². The van der Waals surface area contributed by atoms with Crippen molar-refractivity contribution in [2.75, 3.05) is 6.54 Å². The smallest absolute Gasteiger partial charge is 0.227 e. The zero-order valence-corrected chi connectivity index (χ0v) is 7.33. The number of rotatable bonds is 2. The molecule has 1 aliphatic heterocycles. The Kier molecular flexibility index (Phi) is 3.09. The molecule has 1 rings (SSSR count). The SMILES string of the molecule is C=CC1CCCN(C=C)C(=O)C1. The number of amides is 1. The molecule has 0 aromatic heterocycles. The minimum absolute atomic E-state index is 0.174. The molecule has 1 saturated heterocycles. The van der Waals surface area contributed by atoms with Crippen molar-refractivity contribution in [1.29, 1.82) is 0 Å². The predicted molar refractivity (Wildman–Crippen MR) is 49.4 cm³/mol. The maximum atomic E-state index is 11.4. The third kappa shape index (κ3) is 1.97. The molecule has 0 aliphatic carbocycles. The standard InChI is InChI=1S/C10H15NO/c1-3-9-6-5-7-11(4-2)10(12)8-9/h3-4,9H,1-2,5-8H2. The van der Waals surface area contributed by atoms with Crippen LogP contribution in [0.4, 0.5) is 0 Å². The molecule has 1 aliphatic rings. The van der Waals surface area contributed by atoms with Crippen LogP contribution in [0.3, 0.4) is 0 Å². The van der Waals surface area contributed by atoms with Crippen molar-refractivity contribution in [3.05, 3.63) is 25.4 Å². The Labute approximate surface area is 73.6 Å². The summed E-state index contributed by atoms with van der Waals surface area (Å²) in [5, 5.41) is 0. The third-order valence-corrected chi connectivity index (χ3v) is 2.28. The van der Waals surface area contributed by atoms with Gasteiger partial charge in [0.2, 0.25) is 5.91 Å². The minimum Gasteiger partial charge on any atom is -0.320 e. The number of likely N-dealkylation sites (tertiary alicyclic amines) is 1. The van der Waals surface area contributed by atoms with E-state index in [1.54, 1.807) is 11.1 Å². The molecule has 66 valence electrons. The Morgan fingerprint density at radius 3 is 2.83 bits per heavy atom. The summed E-state index contributed by atoms with van der Waals surface area (Å²) in [7, 11) is 0. The summed E-state index contributed by atoms with van der Waals surface area (Å²) in [6, 6.07) is 0. The van der Waals surface area contributed by atoms with Crippen LogP contribution in [-0.2, 0) is 4.79 Å². The quantitative estimate of drug-likeness (QED) is 0.573. The van der Waals surface area contributed by atoms with Gasteiger partial charge >= 0.3 is 0 Å². The topological polar surface area (TPSA) is 20.3 Å². The van der Waals surface area contributed by atoms with Gasteiger partial charge in [0.15, 0.2) is 0 Å². The van der Waals surface area contributed by atoms with E-state index >= 15 is 0 Å². The Hall–Kier alpha value is -1.05. The normalized spacial score (nSPS) is 24.8. The summed E-state index contributed by atoms with van der Waals surface area (Å²) < 4.78 is 0. The van der Waals surface area contributed by atoms with Crippen LogP contribution >= 0.6 is 0 Å². The molecule has 0 bridgehead atoms. The first-order chi connectivity index (χ1) is 5.77. The van der Waals surface area contributed by atoms with Crippen molar-refractivity contribution < 1.29 is 4.79 Å². The first-order valence-electron chi connectivity index (χ1n) is 4.32. The molecule has 2 nitrogen and oxygen atoms in total. The van der Waals surface area contributed by atoms with E-state index in [4.69, 9.17) is 0 Å². The fourth-order valence-corrected chi connectivity index (χ4v) is 1.49. The second-order valence-corrected chi connectivity index (χ2v) is 3.11. The highest BCUT2D eigenvalue weighted by Crippen LogP contribution is 2.18. The van der Waals surface area contributed by atoms with E-state index in [9.17, 15) is 4.79 Å². The zero-order chi connectivity index (χ0) is 8.97. The van der Waals surface area contributed by atoms with E-state index < -0.39 is 0 Å². The van der Waals surface area contributed by atoms with Gasteiger partial charge in [-0.3, -0.25) is 4.79 Å². The van der Waals surface area contributed by atoms with E-state index in [0.717, 1.165) is 19.4 Å². The number of hydrogen-bond donors (Lipinski definition) is 0. The summed E-state index contributed by atoms with van der Waals surface area (Å²) in [6.07, 6.45) is 6.21. The molecule has 1 fully saturated rings. The summed E-state index contributed by atoms with van der Waals surface area (Å²) >= 11 is 0. The van der Waals surface area contributed by atoms with Crippen LogP contribution in [0.2, 0.25) is 0 Å². The fraction of sp³-hybridized carbons (Fsp3) is 0.500. The lowest BCUT2D eigenvalue weighted by molar-refractivity contribution is -0.128. The summed E-state index contributed by atoms with van der Waals surface area (Å²) in [5.41, 5.74) is 0. The highest BCUT2D eigenvalue weighted by molar-refractivity contribution is 5.77. The second kappa shape index (κ2) is 4.10. The first-order valence-corrected chi connectivity index (χ1v) is 4.32. The van der Waals surface area contributed by atoms with Crippen molar-refractivity contribution in [3.63, 3.8) is 0 Å². The molecule has 2 heteroatoms. The average molecular weight is 165 g/mol. The van der Waals surface area contributed by atoms with Gasteiger partial charge in [-0.05, 0) is 25.0 Å². The monoisotopic (exact) mass is 165 g/mol. The zero-order valence-electron chi connectivity index (χ0n) is 7.33. The molecule has 0 spiro atoms. The van der Waals surface area contributed by atoms with Gasteiger partial charge in [0.1, 0.15) is 0 Å². The van der Waals surface area contributed by atoms with Gasteiger partial charge in [-0.25, -0.2) is 0 Å². The van der Waals surface area contributed by atoms with E-state index in [2.05, 4.69) is 13.2 Å². The molecule has 12 heavy (non-hydrogen) atoms. The molecule has 0 aromatic rings. The predicted octanol–water partition coefficient (Wildman–Crippen LogP) is 1.94. The Bertz CT molecular complexity index is 198. The van der Waals surface area contributed by atoms with Crippen molar-refractivity contribution in [2.45, 2.75) is 19.3 Å². The fourth-order valence-electron chi connectivity index (χ4n) is 1.49. The molecule has 0 saturated carbocycles. The molecule has 0 N–H and O–H groups in total. The summed E-state index contributed by atoms with van der Waals surface area (Å²) in [5.74, 6) is 0.537. The van der Waals surface area contributed by atoms with Crippen LogP contribution < -0.4 is 0 Å². The van der Waals surface area contributed by atoms with Crippen LogP contribution in [0.15, 0.2) is 25.4 Å². The third-order valence-electron chi connectivity index (χ3n) is 2.28. The van der Waals surface area contributed by atoms with Gasteiger partial charge < -0.3 is 4.90 Å². The van der Waals surface area contributed by atoms with Gasteiger partial charge in [-0.1, -0.05) is 12.7 Å². The molecular formula is C10H15NO. The summed E-state index contributed by atoms with van der Waals surface area (Å²) in [6.45, 7) is 8.13. The van der Waals surface area contributed by atoms with E-state index in [1.165, 1.54) is 0 Å². The van der Waals surface area contributed by atoms with Gasteiger partial charge in [-0.15, -0.1) is 6.58 Å². The molecule has 1 atom stereocenters. The van der Waals surface area contributed by atoms with Crippen LogP contribution in [0.1, 0.15) is 19.3 Å². The van der Waals surface area contributed by atoms with Crippen LogP contribution in [0.5, 0.6) is 0 Å². The first kappa shape index (κ1) is 9.04. The maximum absolute atomic E-state index is 11.4. The lowest BCUT2D eigenvalue weighted by atomic mass is 10.0. The Morgan fingerprint density at radius 1 is 1.50 bits per heavy atom. The maximum Gasteiger partial charge on any atom is 0.227 e. The highest BCUT2D eigenvalue weighted by Gasteiger charge is 2.19. The summed E-state index contributed by atoms with van der Waals surface area (Å²) in [4.78, 5) is 13.1. The largest absolute Gasteiger partial charge is 0.320 e. The molecule has 1 heterocycles. The van der Waals surface area contributed by atoms with Crippen molar-refractivity contribution >= 4 is 5.91 Å². The molecule has 0 aromatic carbocycles. The molecular weight excluding hydrogens is 150 g/mol. The van der Waals surface area contributed by atoms with Crippen LogP contribution in [-0.4, -0.2) is 17.4 Å². The van der Waals surface area contributed by atoms with E-state index in [-0.39, 0.29) is 5.91 Å². The van der Waals surface area contributed by atoms with Crippen LogP contribution in [0, 0.1) is 5.92 Å².